The Kier molecular flexibility index (Phi) is 4.17. The monoisotopic (exact) mass is 288 g/mol. The number of benzene rings is 1. The predicted molar refractivity (Wildman–Crippen MR) is 80.4 cm³/mol. The van der Waals surface area contributed by atoms with Crippen molar-refractivity contribution in [2.45, 2.75) is 6.92 Å². The Morgan fingerprint density at radius 2 is 2.24 bits per heavy atom. The summed E-state index contributed by atoms with van der Waals surface area (Å²) in [7, 11) is 0. The minimum absolute atomic E-state index is 0.0441. The standard InChI is InChI=1S/C15H20N4O2/c1-11-17-13-3-2-12(10-14(13)18-11)15(20)16-4-5-19-6-8-21-9-7-19/h2-3,10H,4-9H2,1H3,(H,16,20)(H,17,18). The first-order valence-corrected chi connectivity index (χ1v) is 7.27. The van der Waals surface area contributed by atoms with Crippen LogP contribution in [-0.4, -0.2) is 60.2 Å². The second kappa shape index (κ2) is 6.24. The van der Waals surface area contributed by atoms with Gasteiger partial charge in [-0.3, -0.25) is 9.69 Å². The van der Waals surface area contributed by atoms with E-state index in [0.29, 0.717) is 12.1 Å². The number of H-pyrrole nitrogens is 1. The smallest absolute Gasteiger partial charge is 0.251 e. The summed E-state index contributed by atoms with van der Waals surface area (Å²) in [4.78, 5) is 21.9. The van der Waals surface area contributed by atoms with Gasteiger partial charge in [0.1, 0.15) is 5.82 Å². The van der Waals surface area contributed by atoms with Crippen LogP contribution in [0, 0.1) is 6.92 Å². The minimum atomic E-state index is -0.0441. The van der Waals surface area contributed by atoms with E-state index in [1.807, 2.05) is 25.1 Å². The summed E-state index contributed by atoms with van der Waals surface area (Å²) in [6, 6.07) is 5.53. The number of rotatable bonds is 4. The van der Waals surface area contributed by atoms with Gasteiger partial charge in [-0.1, -0.05) is 0 Å². The topological polar surface area (TPSA) is 70.2 Å². The molecular formula is C15H20N4O2. The molecule has 3 rings (SSSR count). The number of aromatic amines is 1. The van der Waals surface area contributed by atoms with E-state index in [9.17, 15) is 4.79 Å². The van der Waals surface area contributed by atoms with Crippen LogP contribution in [0.2, 0.25) is 0 Å². The molecule has 1 aliphatic rings. The van der Waals surface area contributed by atoms with Crippen LogP contribution < -0.4 is 5.32 Å². The van der Waals surface area contributed by atoms with Crippen LogP contribution in [0.4, 0.5) is 0 Å². The van der Waals surface area contributed by atoms with Gasteiger partial charge in [0.05, 0.1) is 24.2 Å². The van der Waals surface area contributed by atoms with Crippen molar-refractivity contribution in [2.24, 2.45) is 0 Å². The zero-order valence-electron chi connectivity index (χ0n) is 12.2. The molecule has 0 radical (unpaired) electrons. The molecule has 2 aromatic rings. The van der Waals surface area contributed by atoms with Crippen LogP contribution in [0.3, 0.4) is 0 Å². The number of morpholine rings is 1. The Hall–Kier alpha value is -1.92. The van der Waals surface area contributed by atoms with Gasteiger partial charge in [0.25, 0.3) is 5.91 Å². The van der Waals surface area contributed by atoms with E-state index in [0.717, 1.165) is 49.7 Å². The molecule has 1 aromatic carbocycles. The fraction of sp³-hybridized carbons (Fsp3) is 0.467. The van der Waals surface area contributed by atoms with Gasteiger partial charge in [0, 0.05) is 31.7 Å². The van der Waals surface area contributed by atoms with E-state index in [4.69, 9.17) is 4.74 Å². The Bertz CT molecular complexity index is 632. The van der Waals surface area contributed by atoms with Crippen molar-refractivity contribution in [2.75, 3.05) is 39.4 Å². The van der Waals surface area contributed by atoms with Gasteiger partial charge in [-0.25, -0.2) is 4.98 Å². The van der Waals surface area contributed by atoms with Crippen molar-refractivity contribution < 1.29 is 9.53 Å². The summed E-state index contributed by atoms with van der Waals surface area (Å²) in [5.74, 6) is 0.812. The van der Waals surface area contributed by atoms with Crippen molar-refractivity contribution in [3.63, 3.8) is 0 Å². The molecule has 0 aliphatic carbocycles. The molecule has 0 spiro atoms. The second-order valence-electron chi connectivity index (χ2n) is 5.26. The van der Waals surface area contributed by atoms with Gasteiger partial charge in [-0.15, -0.1) is 0 Å². The Balaban J connectivity index is 1.55. The largest absolute Gasteiger partial charge is 0.379 e. The predicted octanol–water partition coefficient (Wildman–Crippen LogP) is 0.933. The number of imidazole rings is 1. The number of hydrogen-bond acceptors (Lipinski definition) is 4. The molecule has 2 heterocycles. The number of nitrogens with one attached hydrogen (secondary N) is 2. The Morgan fingerprint density at radius 3 is 3.05 bits per heavy atom. The molecule has 6 nitrogen and oxygen atoms in total. The molecule has 6 heteroatoms. The lowest BCUT2D eigenvalue weighted by Crippen LogP contribution is -2.41. The van der Waals surface area contributed by atoms with Crippen LogP contribution in [0.25, 0.3) is 11.0 Å². The van der Waals surface area contributed by atoms with Gasteiger partial charge in [-0.05, 0) is 25.1 Å². The summed E-state index contributed by atoms with van der Waals surface area (Å²) < 4.78 is 5.30. The van der Waals surface area contributed by atoms with Gasteiger partial charge >= 0.3 is 0 Å². The van der Waals surface area contributed by atoms with Crippen LogP contribution >= 0.6 is 0 Å². The summed E-state index contributed by atoms with van der Waals surface area (Å²) >= 11 is 0. The molecule has 0 saturated carbocycles. The van der Waals surface area contributed by atoms with Gasteiger partial charge < -0.3 is 15.0 Å². The number of aromatic nitrogens is 2. The van der Waals surface area contributed by atoms with Crippen molar-refractivity contribution in [3.8, 4) is 0 Å². The average molecular weight is 288 g/mol. The van der Waals surface area contributed by atoms with E-state index in [1.54, 1.807) is 0 Å². The first-order valence-electron chi connectivity index (χ1n) is 7.27. The van der Waals surface area contributed by atoms with Gasteiger partial charge in [0.2, 0.25) is 0 Å². The maximum Gasteiger partial charge on any atom is 0.251 e. The third-order valence-corrected chi connectivity index (χ3v) is 3.68. The van der Waals surface area contributed by atoms with E-state index in [-0.39, 0.29) is 5.91 Å². The highest BCUT2D eigenvalue weighted by Gasteiger charge is 2.11. The van der Waals surface area contributed by atoms with E-state index >= 15 is 0 Å². The quantitative estimate of drug-likeness (QED) is 0.878. The lowest BCUT2D eigenvalue weighted by Gasteiger charge is -2.26. The third kappa shape index (κ3) is 3.40. The number of fused-ring (bicyclic) bond motifs is 1. The minimum Gasteiger partial charge on any atom is -0.379 e. The number of aryl methyl sites for hydroxylation is 1. The maximum atomic E-state index is 12.1. The van der Waals surface area contributed by atoms with E-state index in [2.05, 4.69) is 20.2 Å². The molecule has 2 N–H and O–H groups in total. The van der Waals surface area contributed by atoms with Crippen molar-refractivity contribution >= 4 is 16.9 Å². The number of carbonyl (C=O) groups excluding carboxylic acids is 1. The van der Waals surface area contributed by atoms with Crippen molar-refractivity contribution in [3.05, 3.63) is 29.6 Å². The normalized spacial score (nSPS) is 16.2. The van der Waals surface area contributed by atoms with Crippen molar-refractivity contribution in [1.29, 1.82) is 0 Å². The number of amides is 1. The Labute approximate surface area is 123 Å². The molecule has 1 fully saturated rings. The Morgan fingerprint density at radius 1 is 1.43 bits per heavy atom. The number of carbonyl (C=O) groups is 1. The van der Waals surface area contributed by atoms with Crippen LogP contribution in [-0.2, 0) is 4.74 Å². The molecule has 1 amide bonds. The number of ether oxygens (including phenoxy) is 1. The number of hydrogen-bond donors (Lipinski definition) is 2. The molecule has 1 aliphatic heterocycles. The zero-order chi connectivity index (χ0) is 14.7. The summed E-state index contributed by atoms with van der Waals surface area (Å²) in [5.41, 5.74) is 2.44. The fourth-order valence-electron chi connectivity index (χ4n) is 2.53. The lowest BCUT2D eigenvalue weighted by atomic mass is 10.2. The number of nitrogens with zero attached hydrogens (tertiary/aromatic N) is 2. The molecular weight excluding hydrogens is 268 g/mol. The third-order valence-electron chi connectivity index (χ3n) is 3.68. The fourth-order valence-corrected chi connectivity index (χ4v) is 2.53. The van der Waals surface area contributed by atoms with E-state index < -0.39 is 0 Å². The van der Waals surface area contributed by atoms with Crippen molar-refractivity contribution in [1.82, 2.24) is 20.2 Å². The van der Waals surface area contributed by atoms with Gasteiger partial charge in [-0.2, -0.15) is 0 Å². The highest BCUT2D eigenvalue weighted by Crippen LogP contribution is 2.13. The van der Waals surface area contributed by atoms with Crippen LogP contribution in [0.1, 0.15) is 16.2 Å². The molecule has 0 unspecified atom stereocenters. The first-order chi connectivity index (χ1) is 10.2. The van der Waals surface area contributed by atoms with Crippen LogP contribution in [0.5, 0.6) is 0 Å². The maximum absolute atomic E-state index is 12.1. The second-order valence-corrected chi connectivity index (χ2v) is 5.26. The highest BCUT2D eigenvalue weighted by molar-refractivity contribution is 5.97. The summed E-state index contributed by atoms with van der Waals surface area (Å²) in [6.07, 6.45) is 0. The average Bonchev–Trinajstić information content (AvgIpc) is 2.87. The molecule has 0 bridgehead atoms. The molecule has 21 heavy (non-hydrogen) atoms. The zero-order valence-corrected chi connectivity index (χ0v) is 12.2. The summed E-state index contributed by atoms with van der Waals surface area (Å²) in [5, 5.41) is 2.96. The van der Waals surface area contributed by atoms with E-state index in [1.165, 1.54) is 0 Å². The first kappa shape index (κ1) is 14.0. The highest BCUT2D eigenvalue weighted by atomic mass is 16.5. The lowest BCUT2D eigenvalue weighted by molar-refractivity contribution is 0.0383. The SMILES string of the molecule is Cc1nc2ccc(C(=O)NCCN3CCOCC3)cc2[nH]1. The molecule has 1 aromatic heterocycles. The summed E-state index contributed by atoms with van der Waals surface area (Å²) in [6.45, 7) is 6.86. The molecule has 1 saturated heterocycles. The van der Waals surface area contributed by atoms with Gasteiger partial charge in [0.15, 0.2) is 0 Å². The molecule has 0 atom stereocenters. The van der Waals surface area contributed by atoms with Crippen LogP contribution in [0.15, 0.2) is 18.2 Å². The molecule has 112 valence electrons.